The van der Waals surface area contributed by atoms with E-state index < -0.39 is 0 Å². The summed E-state index contributed by atoms with van der Waals surface area (Å²) < 4.78 is 12.7. The van der Waals surface area contributed by atoms with Gasteiger partial charge >= 0.3 is 0 Å². The first-order valence-electron chi connectivity index (χ1n) is 12.5. The van der Waals surface area contributed by atoms with Crippen molar-refractivity contribution >= 4 is 0 Å². The van der Waals surface area contributed by atoms with Crippen molar-refractivity contribution in [1.82, 2.24) is 0 Å². The minimum Gasteiger partial charge on any atom is -0.376 e. The van der Waals surface area contributed by atoms with E-state index in [9.17, 15) is 0 Å². The van der Waals surface area contributed by atoms with Crippen molar-refractivity contribution in [2.45, 2.75) is 52.2 Å². The first-order valence-corrected chi connectivity index (χ1v) is 12.5. The zero-order chi connectivity index (χ0) is 22.8. The second-order valence-corrected chi connectivity index (χ2v) is 9.96. The third kappa shape index (κ3) is 7.28. The van der Waals surface area contributed by atoms with Gasteiger partial charge in [0.1, 0.15) is 0 Å². The summed E-state index contributed by atoms with van der Waals surface area (Å²) in [5.74, 6) is 1.46. The monoisotopic (exact) mass is 442 g/mol. The molecular formula is C31H38O2. The van der Waals surface area contributed by atoms with E-state index in [2.05, 4.69) is 97.9 Å². The van der Waals surface area contributed by atoms with Crippen LogP contribution in [-0.2, 0) is 29.1 Å². The highest BCUT2D eigenvalue weighted by molar-refractivity contribution is 5.15. The van der Waals surface area contributed by atoms with Crippen molar-refractivity contribution in [2.75, 3.05) is 13.2 Å². The Morgan fingerprint density at radius 1 is 0.697 bits per heavy atom. The van der Waals surface area contributed by atoms with Crippen molar-refractivity contribution in [3.8, 4) is 0 Å². The molecule has 0 bridgehead atoms. The van der Waals surface area contributed by atoms with E-state index in [1.165, 1.54) is 42.4 Å². The molecule has 0 unspecified atom stereocenters. The molecule has 2 atom stereocenters. The molecule has 0 spiro atoms. The third-order valence-electron chi connectivity index (χ3n) is 7.32. The summed E-state index contributed by atoms with van der Waals surface area (Å²) in [7, 11) is 0. The fourth-order valence-corrected chi connectivity index (χ4v) is 5.24. The molecule has 3 aromatic rings. The number of ether oxygens (including phenoxy) is 2. The van der Waals surface area contributed by atoms with E-state index in [4.69, 9.17) is 9.47 Å². The number of hydrogen-bond acceptors (Lipinski definition) is 2. The van der Waals surface area contributed by atoms with Crippen LogP contribution >= 0.6 is 0 Å². The Labute approximate surface area is 200 Å². The van der Waals surface area contributed by atoms with Crippen LogP contribution in [0.25, 0.3) is 0 Å². The lowest BCUT2D eigenvalue weighted by atomic mass is 9.65. The second-order valence-electron chi connectivity index (χ2n) is 9.96. The Balaban J connectivity index is 1.39. The van der Waals surface area contributed by atoms with Crippen LogP contribution in [0.2, 0.25) is 0 Å². The van der Waals surface area contributed by atoms with Gasteiger partial charge < -0.3 is 9.47 Å². The highest BCUT2D eigenvalue weighted by atomic mass is 16.5. The summed E-state index contributed by atoms with van der Waals surface area (Å²) in [4.78, 5) is 0. The molecule has 174 valence electrons. The Bertz CT molecular complexity index is 877. The first-order chi connectivity index (χ1) is 16.2. The highest BCUT2D eigenvalue weighted by Gasteiger charge is 2.39. The van der Waals surface area contributed by atoms with Crippen LogP contribution in [0.5, 0.6) is 0 Å². The molecule has 2 nitrogen and oxygen atoms in total. The van der Waals surface area contributed by atoms with Gasteiger partial charge in [-0.25, -0.2) is 0 Å². The predicted octanol–water partition coefficient (Wildman–Crippen LogP) is 7.48. The SMILES string of the molecule is C[C@H]1CCC(COCc2ccccc2)(COCc2ccccc2)C[C@@H]1CCc1ccccc1. The van der Waals surface area contributed by atoms with Crippen LogP contribution in [0.1, 0.15) is 49.3 Å². The minimum absolute atomic E-state index is 0.0947. The maximum Gasteiger partial charge on any atom is 0.0717 e. The molecule has 1 aliphatic rings. The van der Waals surface area contributed by atoms with Crippen molar-refractivity contribution in [3.63, 3.8) is 0 Å². The molecule has 1 aliphatic carbocycles. The molecule has 33 heavy (non-hydrogen) atoms. The lowest BCUT2D eigenvalue weighted by Gasteiger charge is -2.44. The van der Waals surface area contributed by atoms with Crippen LogP contribution in [0.3, 0.4) is 0 Å². The summed E-state index contributed by atoms with van der Waals surface area (Å²) in [6, 6.07) is 31.9. The van der Waals surface area contributed by atoms with Crippen LogP contribution in [-0.4, -0.2) is 13.2 Å². The smallest absolute Gasteiger partial charge is 0.0717 e. The van der Waals surface area contributed by atoms with Gasteiger partial charge in [0.05, 0.1) is 26.4 Å². The largest absolute Gasteiger partial charge is 0.376 e. The lowest BCUT2D eigenvalue weighted by Crippen LogP contribution is -2.40. The lowest BCUT2D eigenvalue weighted by molar-refractivity contribution is -0.0716. The number of aryl methyl sites for hydroxylation is 1. The topological polar surface area (TPSA) is 18.5 Å². The second kappa shape index (κ2) is 12.2. The van der Waals surface area contributed by atoms with Gasteiger partial charge in [-0.2, -0.15) is 0 Å². The molecule has 0 amide bonds. The molecule has 2 heteroatoms. The summed E-state index contributed by atoms with van der Waals surface area (Å²) in [5.41, 5.74) is 4.02. The molecule has 0 radical (unpaired) electrons. The number of hydrogen-bond donors (Lipinski definition) is 0. The molecule has 0 heterocycles. The van der Waals surface area contributed by atoms with E-state index in [0.717, 1.165) is 25.6 Å². The highest BCUT2D eigenvalue weighted by Crippen LogP contribution is 2.45. The molecule has 4 rings (SSSR count). The van der Waals surface area contributed by atoms with Gasteiger partial charge in [-0.1, -0.05) is 97.9 Å². The normalized spacial score (nSPS) is 19.9. The van der Waals surface area contributed by atoms with E-state index in [-0.39, 0.29) is 5.41 Å². The van der Waals surface area contributed by atoms with Gasteiger partial charge in [-0.05, 0) is 60.6 Å². The van der Waals surface area contributed by atoms with Crippen molar-refractivity contribution < 1.29 is 9.47 Å². The average molecular weight is 443 g/mol. The van der Waals surface area contributed by atoms with Crippen LogP contribution in [0, 0.1) is 17.3 Å². The number of rotatable bonds is 11. The van der Waals surface area contributed by atoms with Gasteiger partial charge in [0.25, 0.3) is 0 Å². The fourth-order valence-electron chi connectivity index (χ4n) is 5.24. The number of benzene rings is 3. The van der Waals surface area contributed by atoms with Gasteiger partial charge in [-0.3, -0.25) is 0 Å². The molecule has 0 N–H and O–H groups in total. The van der Waals surface area contributed by atoms with E-state index in [1.54, 1.807) is 0 Å². The Kier molecular flexibility index (Phi) is 8.74. The maximum absolute atomic E-state index is 6.33. The van der Waals surface area contributed by atoms with Crippen LogP contribution < -0.4 is 0 Å². The van der Waals surface area contributed by atoms with Gasteiger partial charge in [-0.15, -0.1) is 0 Å². The minimum atomic E-state index is 0.0947. The summed E-state index contributed by atoms with van der Waals surface area (Å²) in [5, 5.41) is 0. The van der Waals surface area contributed by atoms with Crippen LogP contribution in [0.4, 0.5) is 0 Å². The zero-order valence-electron chi connectivity index (χ0n) is 20.0. The zero-order valence-corrected chi connectivity index (χ0v) is 20.0. The summed E-state index contributed by atoms with van der Waals surface area (Å²) in [6.45, 7) is 5.32. The van der Waals surface area contributed by atoms with Gasteiger partial charge in [0, 0.05) is 5.41 Å². The standard InChI is InChI=1S/C31H38O2/c1-26-19-20-31(24-32-22-28-13-7-3-8-14-28,25-33-23-29-15-9-4-10-16-29)21-30(26)18-17-27-11-5-2-6-12-27/h2-16,26,30H,17-25H2,1H3/t26-,30-/m0/s1. The molecule has 1 fully saturated rings. The van der Waals surface area contributed by atoms with Crippen LogP contribution in [0.15, 0.2) is 91.0 Å². The molecule has 0 aromatic heterocycles. The third-order valence-corrected chi connectivity index (χ3v) is 7.32. The van der Waals surface area contributed by atoms with Gasteiger partial charge in [0.2, 0.25) is 0 Å². The predicted molar refractivity (Wildman–Crippen MR) is 136 cm³/mol. The maximum atomic E-state index is 6.33. The van der Waals surface area contributed by atoms with E-state index in [0.29, 0.717) is 19.1 Å². The molecule has 3 aromatic carbocycles. The Morgan fingerprint density at radius 3 is 1.70 bits per heavy atom. The van der Waals surface area contributed by atoms with Crippen molar-refractivity contribution in [3.05, 3.63) is 108 Å². The van der Waals surface area contributed by atoms with Crippen molar-refractivity contribution in [1.29, 1.82) is 0 Å². The Hall–Kier alpha value is -2.42. The molecular weight excluding hydrogens is 404 g/mol. The van der Waals surface area contributed by atoms with Crippen molar-refractivity contribution in [2.24, 2.45) is 17.3 Å². The fraction of sp³-hybridized carbons (Fsp3) is 0.419. The average Bonchev–Trinajstić information content (AvgIpc) is 2.87. The molecule has 0 saturated heterocycles. The quantitative estimate of drug-likeness (QED) is 0.306. The Morgan fingerprint density at radius 2 is 1.18 bits per heavy atom. The first kappa shape index (κ1) is 23.7. The van der Waals surface area contributed by atoms with E-state index >= 15 is 0 Å². The van der Waals surface area contributed by atoms with Gasteiger partial charge in [0.15, 0.2) is 0 Å². The van der Waals surface area contributed by atoms with E-state index in [1.807, 2.05) is 0 Å². The summed E-state index contributed by atoms with van der Waals surface area (Å²) in [6.07, 6.45) is 6.01. The summed E-state index contributed by atoms with van der Waals surface area (Å²) >= 11 is 0. The molecule has 0 aliphatic heterocycles. The molecule has 1 saturated carbocycles.